The van der Waals surface area contributed by atoms with Crippen LogP contribution in [-0.4, -0.2) is 58.1 Å². The van der Waals surface area contributed by atoms with Crippen LogP contribution in [0.25, 0.3) is 10.2 Å². The van der Waals surface area contributed by atoms with Gasteiger partial charge in [-0.1, -0.05) is 22.9 Å². The number of rotatable bonds is 5. The summed E-state index contributed by atoms with van der Waals surface area (Å²) in [4.78, 5) is 7.08. The first-order valence-corrected chi connectivity index (χ1v) is 11.6. The smallest absolute Gasteiger partial charge is 0.243 e. The van der Waals surface area contributed by atoms with Crippen molar-refractivity contribution in [3.8, 4) is 11.5 Å². The quantitative estimate of drug-likeness (QED) is 0.589. The SMILES string of the molecule is COc1ccc(OC)c2sc(N3CCN(S(=O)(=O)c4ccc(Cl)cc4)CC3)nc12. The van der Waals surface area contributed by atoms with E-state index >= 15 is 0 Å². The minimum atomic E-state index is -3.54. The van der Waals surface area contributed by atoms with Gasteiger partial charge in [0, 0.05) is 31.2 Å². The van der Waals surface area contributed by atoms with Crippen molar-refractivity contribution in [2.45, 2.75) is 4.90 Å². The van der Waals surface area contributed by atoms with Crippen molar-refractivity contribution in [1.29, 1.82) is 0 Å². The van der Waals surface area contributed by atoms with Crippen LogP contribution in [0.1, 0.15) is 0 Å². The summed E-state index contributed by atoms with van der Waals surface area (Å²) in [6, 6.07) is 9.95. The van der Waals surface area contributed by atoms with E-state index in [0.29, 0.717) is 37.0 Å². The fourth-order valence-electron chi connectivity index (χ4n) is 3.28. The van der Waals surface area contributed by atoms with E-state index in [9.17, 15) is 8.42 Å². The molecule has 0 spiro atoms. The Balaban J connectivity index is 1.55. The van der Waals surface area contributed by atoms with E-state index in [1.807, 2.05) is 12.1 Å². The summed E-state index contributed by atoms with van der Waals surface area (Å²) < 4.78 is 39.0. The summed E-state index contributed by atoms with van der Waals surface area (Å²) in [7, 11) is -0.302. The standard InChI is InChI=1S/C19H20ClN3O4S2/c1-26-15-7-8-16(27-2)18-17(15)21-19(28-18)22-9-11-23(12-10-22)29(24,25)14-5-3-13(20)4-6-14/h3-8H,9-12H2,1-2H3. The van der Waals surface area contributed by atoms with Gasteiger partial charge in [-0.25, -0.2) is 13.4 Å². The Labute approximate surface area is 178 Å². The minimum Gasteiger partial charge on any atom is -0.495 e. The number of aromatic nitrogens is 1. The number of hydrogen-bond donors (Lipinski definition) is 0. The molecule has 1 aromatic heterocycles. The number of ether oxygens (including phenoxy) is 2. The van der Waals surface area contributed by atoms with Gasteiger partial charge in [-0.05, 0) is 36.4 Å². The molecule has 2 aromatic carbocycles. The van der Waals surface area contributed by atoms with Crippen molar-refractivity contribution < 1.29 is 17.9 Å². The molecule has 4 rings (SSSR count). The van der Waals surface area contributed by atoms with Gasteiger partial charge >= 0.3 is 0 Å². The van der Waals surface area contributed by atoms with Gasteiger partial charge in [-0.3, -0.25) is 0 Å². The molecule has 3 aromatic rings. The zero-order chi connectivity index (χ0) is 20.6. The van der Waals surface area contributed by atoms with Crippen molar-refractivity contribution in [1.82, 2.24) is 9.29 Å². The van der Waals surface area contributed by atoms with Gasteiger partial charge in [0.25, 0.3) is 0 Å². The van der Waals surface area contributed by atoms with Crippen molar-refractivity contribution in [2.75, 3.05) is 45.3 Å². The maximum atomic E-state index is 12.9. The molecule has 0 saturated carbocycles. The first kappa shape index (κ1) is 20.2. The Kier molecular flexibility index (Phi) is 5.56. The van der Waals surface area contributed by atoms with E-state index in [4.69, 9.17) is 26.1 Å². The fourth-order valence-corrected chi connectivity index (χ4v) is 5.96. The Morgan fingerprint density at radius 1 is 0.966 bits per heavy atom. The van der Waals surface area contributed by atoms with Gasteiger partial charge < -0.3 is 14.4 Å². The zero-order valence-electron chi connectivity index (χ0n) is 16.0. The summed E-state index contributed by atoms with van der Waals surface area (Å²) in [6.07, 6.45) is 0. The summed E-state index contributed by atoms with van der Waals surface area (Å²) in [5, 5.41) is 1.34. The highest BCUT2D eigenvalue weighted by molar-refractivity contribution is 7.89. The Hall–Kier alpha value is -2.07. The third kappa shape index (κ3) is 3.75. The second kappa shape index (κ2) is 7.98. The van der Waals surface area contributed by atoms with Gasteiger partial charge in [0.15, 0.2) is 5.13 Å². The number of sulfonamides is 1. The molecule has 1 saturated heterocycles. The topological polar surface area (TPSA) is 72.0 Å². The molecule has 154 valence electrons. The second-order valence-electron chi connectivity index (χ2n) is 6.49. The molecular formula is C19H20ClN3O4S2. The summed E-state index contributed by atoms with van der Waals surface area (Å²) in [5.41, 5.74) is 0.753. The van der Waals surface area contributed by atoms with Crippen LogP contribution in [0.3, 0.4) is 0 Å². The molecule has 0 unspecified atom stereocenters. The van der Waals surface area contributed by atoms with E-state index in [1.54, 1.807) is 26.4 Å². The Morgan fingerprint density at radius 3 is 2.21 bits per heavy atom. The fraction of sp³-hybridized carbons (Fsp3) is 0.316. The maximum absolute atomic E-state index is 12.9. The van der Waals surface area contributed by atoms with Crippen LogP contribution in [0.5, 0.6) is 11.5 Å². The molecule has 1 aliphatic rings. The monoisotopic (exact) mass is 453 g/mol. The highest BCUT2D eigenvalue weighted by Gasteiger charge is 2.30. The highest BCUT2D eigenvalue weighted by atomic mass is 35.5. The van der Waals surface area contributed by atoms with Gasteiger partial charge in [-0.2, -0.15) is 4.31 Å². The third-order valence-corrected chi connectivity index (χ3v) is 8.16. The lowest BCUT2D eigenvalue weighted by Crippen LogP contribution is -2.48. The molecule has 0 amide bonds. The molecule has 0 N–H and O–H groups in total. The number of methoxy groups -OCH3 is 2. The Morgan fingerprint density at radius 2 is 1.59 bits per heavy atom. The first-order valence-electron chi connectivity index (χ1n) is 8.96. The minimum absolute atomic E-state index is 0.254. The molecule has 7 nitrogen and oxygen atoms in total. The van der Waals surface area contributed by atoms with Gasteiger partial charge in [-0.15, -0.1) is 0 Å². The number of benzene rings is 2. The zero-order valence-corrected chi connectivity index (χ0v) is 18.4. The van der Waals surface area contributed by atoms with Crippen LogP contribution in [-0.2, 0) is 10.0 Å². The van der Waals surface area contributed by atoms with Gasteiger partial charge in [0.05, 0.1) is 19.1 Å². The largest absolute Gasteiger partial charge is 0.495 e. The summed E-state index contributed by atoms with van der Waals surface area (Å²) >= 11 is 7.39. The summed E-state index contributed by atoms with van der Waals surface area (Å²) in [5.74, 6) is 1.43. The molecule has 29 heavy (non-hydrogen) atoms. The predicted octanol–water partition coefficient (Wildman–Crippen LogP) is 3.48. The molecule has 0 atom stereocenters. The predicted molar refractivity (Wildman–Crippen MR) is 115 cm³/mol. The molecule has 1 fully saturated rings. The van der Waals surface area contributed by atoms with E-state index in [2.05, 4.69) is 4.90 Å². The van der Waals surface area contributed by atoms with Crippen LogP contribution in [0.15, 0.2) is 41.3 Å². The second-order valence-corrected chi connectivity index (χ2v) is 9.84. The van der Waals surface area contributed by atoms with E-state index in [-0.39, 0.29) is 4.90 Å². The van der Waals surface area contributed by atoms with E-state index in [0.717, 1.165) is 21.1 Å². The number of fused-ring (bicyclic) bond motifs is 1. The maximum Gasteiger partial charge on any atom is 0.243 e. The summed E-state index contributed by atoms with van der Waals surface area (Å²) in [6.45, 7) is 1.87. The molecule has 0 radical (unpaired) electrons. The molecular weight excluding hydrogens is 434 g/mol. The van der Waals surface area contributed by atoms with Crippen LogP contribution < -0.4 is 14.4 Å². The molecule has 0 bridgehead atoms. The number of nitrogens with zero attached hydrogens (tertiary/aromatic N) is 3. The number of piperazine rings is 1. The molecule has 2 heterocycles. The van der Waals surface area contributed by atoms with Crippen LogP contribution in [0.2, 0.25) is 5.02 Å². The van der Waals surface area contributed by atoms with Crippen molar-refractivity contribution in [3.05, 3.63) is 41.4 Å². The van der Waals surface area contributed by atoms with Crippen molar-refractivity contribution in [2.24, 2.45) is 0 Å². The average Bonchev–Trinajstić information content (AvgIpc) is 3.19. The molecule has 0 aliphatic carbocycles. The van der Waals surface area contributed by atoms with Gasteiger partial charge in [0.1, 0.15) is 21.7 Å². The van der Waals surface area contributed by atoms with Crippen molar-refractivity contribution in [3.63, 3.8) is 0 Å². The first-order chi connectivity index (χ1) is 13.9. The number of thiazole rings is 1. The van der Waals surface area contributed by atoms with Gasteiger partial charge in [0.2, 0.25) is 10.0 Å². The van der Waals surface area contributed by atoms with Crippen LogP contribution in [0.4, 0.5) is 5.13 Å². The lowest BCUT2D eigenvalue weighted by Gasteiger charge is -2.33. The van der Waals surface area contributed by atoms with Crippen molar-refractivity contribution >= 4 is 48.3 Å². The molecule has 1 aliphatic heterocycles. The normalized spacial score (nSPS) is 15.6. The Bertz CT molecular complexity index is 1080. The number of anilines is 1. The number of hydrogen-bond acceptors (Lipinski definition) is 7. The highest BCUT2D eigenvalue weighted by Crippen LogP contribution is 2.40. The lowest BCUT2D eigenvalue weighted by molar-refractivity contribution is 0.384. The lowest BCUT2D eigenvalue weighted by atomic mass is 10.3. The van der Waals surface area contributed by atoms with Crippen LogP contribution in [0, 0.1) is 0 Å². The third-order valence-electron chi connectivity index (χ3n) is 4.86. The van der Waals surface area contributed by atoms with Crippen LogP contribution >= 0.6 is 22.9 Å². The average molecular weight is 454 g/mol. The molecule has 10 heteroatoms. The number of halogens is 1. The van der Waals surface area contributed by atoms with E-state index in [1.165, 1.54) is 27.8 Å². The van der Waals surface area contributed by atoms with E-state index < -0.39 is 10.0 Å².